The number of piperidine rings is 1. The second kappa shape index (κ2) is 6.71. The SMILES string of the molecule is CNC(CN1CCC2(CCCCC2)CC1)C(=O)OC. The van der Waals surface area contributed by atoms with Gasteiger partial charge in [0.05, 0.1) is 7.11 Å². The Morgan fingerprint density at radius 2 is 1.84 bits per heavy atom. The summed E-state index contributed by atoms with van der Waals surface area (Å²) in [6.07, 6.45) is 9.73. The Labute approximate surface area is 116 Å². The highest BCUT2D eigenvalue weighted by Crippen LogP contribution is 2.44. The van der Waals surface area contributed by atoms with Gasteiger partial charge in [0.15, 0.2) is 0 Å². The van der Waals surface area contributed by atoms with Gasteiger partial charge in [-0.3, -0.25) is 4.79 Å². The van der Waals surface area contributed by atoms with Crippen LogP contribution >= 0.6 is 0 Å². The Morgan fingerprint density at radius 3 is 2.37 bits per heavy atom. The summed E-state index contributed by atoms with van der Waals surface area (Å²) in [5.74, 6) is -0.152. The van der Waals surface area contributed by atoms with Gasteiger partial charge in [-0.25, -0.2) is 0 Å². The summed E-state index contributed by atoms with van der Waals surface area (Å²) in [5.41, 5.74) is 0.634. The predicted molar refractivity (Wildman–Crippen MR) is 76.1 cm³/mol. The average Bonchev–Trinajstić information content (AvgIpc) is 2.47. The molecule has 1 atom stereocenters. The number of ether oxygens (including phenoxy) is 1. The summed E-state index contributed by atoms with van der Waals surface area (Å²) in [6, 6.07) is -0.189. The standard InChI is InChI=1S/C15H28N2O2/c1-16-13(14(18)19-2)12-17-10-8-15(9-11-17)6-4-3-5-7-15/h13,16H,3-12H2,1-2H3. The fraction of sp³-hybridized carbons (Fsp3) is 0.933. The topological polar surface area (TPSA) is 41.6 Å². The molecule has 1 saturated carbocycles. The van der Waals surface area contributed by atoms with Crippen molar-refractivity contribution in [2.75, 3.05) is 33.8 Å². The van der Waals surface area contributed by atoms with E-state index in [4.69, 9.17) is 4.74 Å². The van der Waals surface area contributed by atoms with Gasteiger partial charge in [-0.1, -0.05) is 19.3 Å². The van der Waals surface area contributed by atoms with Gasteiger partial charge in [0.25, 0.3) is 0 Å². The van der Waals surface area contributed by atoms with Crippen LogP contribution in [-0.2, 0) is 9.53 Å². The van der Waals surface area contributed by atoms with Crippen molar-refractivity contribution in [2.24, 2.45) is 5.41 Å². The Hall–Kier alpha value is -0.610. The average molecular weight is 268 g/mol. The van der Waals surface area contributed by atoms with Crippen molar-refractivity contribution in [1.29, 1.82) is 0 Å². The van der Waals surface area contributed by atoms with E-state index in [1.165, 1.54) is 52.1 Å². The number of rotatable bonds is 4. The number of carbonyl (C=O) groups excluding carboxylic acids is 1. The second-order valence-electron chi connectivity index (χ2n) is 6.23. The van der Waals surface area contributed by atoms with Crippen LogP contribution in [0.3, 0.4) is 0 Å². The van der Waals surface area contributed by atoms with Crippen LogP contribution in [0.15, 0.2) is 0 Å². The second-order valence-corrected chi connectivity index (χ2v) is 6.23. The zero-order valence-corrected chi connectivity index (χ0v) is 12.4. The normalized spacial score (nSPS) is 25.2. The molecule has 4 heteroatoms. The lowest BCUT2D eigenvalue weighted by Gasteiger charge is -2.44. The zero-order valence-electron chi connectivity index (χ0n) is 12.4. The molecule has 0 aromatic heterocycles. The number of carbonyl (C=O) groups is 1. The summed E-state index contributed by atoms with van der Waals surface area (Å²) in [4.78, 5) is 14.0. The van der Waals surface area contributed by atoms with E-state index in [2.05, 4.69) is 10.2 Å². The minimum Gasteiger partial charge on any atom is -0.468 e. The van der Waals surface area contributed by atoms with Crippen LogP contribution in [0.5, 0.6) is 0 Å². The lowest BCUT2D eigenvalue weighted by atomic mass is 9.68. The number of methoxy groups -OCH3 is 1. The molecule has 1 unspecified atom stereocenters. The van der Waals surface area contributed by atoms with Crippen molar-refractivity contribution < 1.29 is 9.53 Å². The van der Waals surface area contributed by atoms with Crippen molar-refractivity contribution >= 4 is 5.97 Å². The number of nitrogens with zero attached hydrogens (tertiary/aromatic N) is 1. The maximum absolute atomic E-state index is 11.6. The van der Waals surface area contributed by atoms with E-state index < -0.39 is 0 Å². The number of likely N-dealkylation sites (tertiary alicyclic amines) is 1. The van der Waals surface area contributed by atoms with E-state index in [-0.39, 0.29) is 12.0 Å². The van der Waals surface area contributed by atoms with E-state index in [1.54, 1.807) is 0 Å². The molecule has 1 aliphatic carbocycles. The van der Waals surface area contributed by atoms with Gasteiger partial charge in [-0.05, 0) is 51.2 Å². The molecule has 1 aliphatic heterocycles. The zero-order chi connectivity index (χ0) is 13.7. The monoisotopic (exact) mass is 268 g/mol. The summed E-state index contributed by atoms with van der Waals surface area (Å²) in [7, 11) is 3.29. The van der Waals surface area contributed by atoms with Crippen LogP contribution < -0.4 is 5.32 Å². The van der Waals surface area contributed by atoms with Gasteiger partial charge in [0, 0.05) is 6.54 Å². The number of hydrogen-bond donors (Lipinski definition) is 1. The maximum Gasteiger partial charge on any atom is 0.324 e. The summed E-state index contributed by atoms with van der Waals surface area (Å²) < 4.78 is 4.83. The molecule has 2 rings (SSSR count). The molecule has 0 aromatic rings. The van der Waals surface area contributed by atoms with E-state index in [1.807, 2.05) is 7.05 Å². The van der Waals surface area contributed by atoms with Crippen LogP contribution in [0.1, 0.15) is 44.9 Å². The highest BCUT2D eigenvalue weighted by atomic mass is 16.5. The molecule has 110 valence electrons. The molecule has 1 heterocycles. The molecule has 1 N–H and O–H groups in total. The molecule has 2 fully saturated rings. The van der Waals surface area contributed by atoms with Gasteiger partial charge >= 0.3 is 5.97 Å². The first-order valence-electron chi connectivity index (χ1n) is 7.66. The Balaban J connectivity index is 1.80. The number of nitrogens with one attached hydrogen (secondary N) is 1. The first-order valence-corrected chi connectivity index (χ1v) is 7.66. The Morgan fingerprint density at radius 1 is 1.21 bits per heavy atom. The molecule has 19 heavy (non-hydrogen) atoms. The van der Waals surface area contributed by atoms with Gasteiger partial charge < -0.3 is 15.0 Å². The van der Waals surface area contributed by atoms with E-state index >= 15 is 0 Å². The molecule has 2 aliphatic rings. The van der Waals surface area contributed by atoms with E-state index in [9.17, 15) is 4.79 Å². The third-order valence-corrected chi connectivity index (χ3v) is 5.11. The summed E-state index contributed by atoms with van der Waals surface area (Å²) >= 11 is 0. The van der Waals surface area contributed by atoms with Gasteiger partial charge in [-0.15, -0.1) is 0 Å². The summed E-state index contributed by atoms with van der Waals surface area (Å²) in [6.45, 7) is 3.05. The van der Waals surface area contributed by atoms with Crippen molar-refractivity contribution in [3.05, 3.63) is 0 Å². The van der Waals surface area contributed by atoms with Gasteiger partial charge in [0.2, 0.25) is 0 Å². The fourth-order valence-electron chi connectivity index (χ4n) is 3.70. The fourth-order valence-corrected chi connectivity index (χ4v) is 3.70. The third-order valence-electron chi connectivity index (χ3n) is 5.11. The maximum atomic E-state index is 11.6. The number of likely N-dealkylation sites (N-methyl/N-ethyl adjacent to an activating group) is 1. The minimum absolute atomic E-state index is 0.152. The molecule has 0 aromatic carbocycles. The van der Waals surface area contributed by atoms with Gasteiger partial charge in [0.1, 0.15) is 6.04 Å². The highest BCUT2D eigenvalue weighted by Gasteiger charge is 2.36. The first kappa shape index (κ1) is 14.8. The number of esters is 1. The van der Waals surface area contributed by atoms with Crippen LogP contribution in [0, 0.1) is 5.41 Å². The third kappa shape index (κ3) is 3.69. The lowest BCUT2D eigenvalue weighted by molar-refractivity contribution is -0.143. The molecule has 1 saturated heterocycles. The predicted octanol–water partition coefficient (Wildman–Crippen LogP) is 1.79. The van der Waals surface area contributed by atoms with Crippen LogP contribution in [-0.4, -0.2) is 50.7 Å². The van der Waals surface area contributed by atoms with Crippen molar-refractivity contribution in [2.45, 2.75) is 51.0 Å². The van der Waals surface area contributed by atoms with Crippen molar-refractivity contribution in [3.63, 3.8) is 0 Å². The Bertz CT molecular complexity index is 291. The Kier molecular flexibility index (Phi) is 5.22. The van der Waals surface area contributed by atoms with Crippen LogP contribution in [0.25, 0.3) is 0 Å². The largest absolute Gasteiger partial charge is 0.468 e. The molecular formula is C15H28N2O2. The number of hydrogen-bond acceptors (Lipinski definition) is 4. The molecule has 0 bridgehead atoms. The molecule has 0 radical (unpaired) electrons. The smallest absolute Gasteiger partial charge is 0.324 e. The first-order chi connectivity index (χ1) is 9.19. The van der Waals surface area contributed by atoms with Crippen molar-refractivity contribution in [3.8, 4) is 0 Å². The molecular weight excluding hydrogens is 240 g/mol. The quantitative estimate of drug-likeness (QED) is 0.789. The van der Waals surface area contributed by atoms with Crippen LogP contribution in [0.2, 0.25) is 0 Å². The van der Waals surface area contributed by atoms with Crippen molar-refractivity contribution in [1.82, 2.24) is 10.2 Å². The molecule has 0 amide bonds. The van der Waals surface area contributed by atoms with Gasteiger partial charge in [-0.2, -0.15) is 0 Å². The lowest BCUT2D eigenvalue weighted by Crippen LogP contribution is -2.49. The highest BCUT2D eigenvalue weighted by molar-refractivity contribution is 5.75. The van der Waals surface area contributed by atoms with Crippen LogP contribution in [0.4, 0.5) is 0 Å². The molecule has 4 nitrogen and oxygen atoms in total. The summed E-state index contributed by atoms with van der Waals surface area (Å²) in [5, 5.41) is 3.05. The van der Waals surface area contributed by atoms with E-state index in [0.29, 0.717) is 5.41 Å². The van der Waals surface area contributed by atoms with E-state index in [0.717, 1.165) is 19.6 Å². The molecule has 1 spiro atoms. The minimum atomic E-state index is -0.189.